The number of rotatable bonds is 8. The second kappa shape index (κ2) is 13.3. The van der Waals surface area contributed by atoms with E-state index in [9.17, 15) is 14.0 Å². The zero-order chi connectivity index (χ0) is 31.8. The molecule has 2 unspecified atom stereocenters. The summed E-state index contributed by atoms with van der Waals surface area (Å²) in [5.74, 6) is -1.95. The summed E-state index contributed by atoms with van der Waals surface area (Å²) >= 11 is 12.1. The number of fused-ring (bicyclic) bond motifs is 1. The van der Waals surface area contributed by atoms with Gasteiger partial charge in [0.25, 0.3) is 0 Å². The van der Waals surface area contributed by atoms with Crippen molar-refractivity contribution in [1.82, 2.24) is 24.9 Å². The molecule has 46 heavy (non-hydrogen) atoms. The number of piperidine rings is 1. The summed E-state index contributed by atoms with van der Waals surface area (Å²) in [7, 11) is 0. The maximum atomic E-state index is 14.0. The van der Waals surface area contributed by atoms with E-state index in [1.54, 1.807) is 0 Å². The molecule has 234 valence electrons. The number of nitrogens with zero attached hydrogens (tertiary/aromatic N) is 6. The van der Waals surface area contributed by atoms with E-state index in [1.807, 2.05) is 41.1 Å². The fourth-order valence-electron chi connectivity index (χ4n) is 5.98. The number of aromatic nitrogens is 4. The molecule has 5 aromatic rings. The fourth-order valence-corrected chi connectivity index (χ4v) is 9.56. The molecule has 2 aliphatic heterocycles. The molecule has 2 aliphatic rings. The molecule has 2 atom stereocenters. The van der Waals surface area contributed by atoms with Crippen molar-refractivity contribution in [2.75, 3.05) is 31.6 Å². The normalized spacial score (nSPS) is 16.9. The third-order valence-corrected chi connectivity index (χ3v) is 12.4. The van der Waals surface area contributed by atoms with Crippen molar-refractivity contribution in [3.05, 3.63) is 105 Å². The van der Waals surface area contributed by atoms with Gasteiger partial charge in [-0.15, -0.1) is 0 Å². The third-order valence-electron chi connectivity index (χ3n) is 8.58. The number of anilines is 2. The number of pyridine rings is 1. The van der Waals surface area contributed by atoms with E-state index in [0.29, 0.717) is 38.4 Å². The van der Waals surface area contributed by atoms with Crippen LogP contribution in [0.1, 0.15) is 40.4 Å². The zero-order valence-corrected chi connectivity index (χ0v) is 28.0. The second-order valence-corrected chi connectivity index (χ2v) is 15.3. The molecule has 0 amide bonds. The fraction of sp³-hybridized carbons (Fsp3) is 0.273. The van der Waals surface area contributed by atoms with Crippen molar-refractivity contribution in [1.29, 1.82) is 5.26 Å². The van der Waals surface area contributed by atoms with Crippen LogP contribution in [0.15, 0.2) is 67.0 Å². The van der Waals surface area contributed by atoms with Crippen LogP contribution in [0.3, 0.4) is 0 Å². The quantitative estimate of drug-likeness (QED) is 0.199. The number of hydrogen-bond donors (Lipinski definition) is 1. The van der Waals surface area contributed by atoms with Gasteiger partial charge in [-0.1, -0.05) is 0 Å². The molecular weight excluding hydrogens is 694 g/mol. The van der Waals surface area contributed by atoms with Crippen LogP contribution in [-0.4, -0.2) is 73.0 Å². The predicted octanol–water partition coefficient (Wildman–Crippen LogP) is 5.91. The van der Waals surface area contributed by atoms with Crippen LogP contribution in [0.25, 0.3) is 10.9 Å². The topological polar surface area (TPSA) is 91.9 Å². The van der Waals surface area contributed by atoms with Crippen LogP contribution in [0.5, 0.6) is 0 Å². The van der Waals surface area contributed by atoms with Gasteiger partial charge in [0.05, 0.1) is 0 Å². The average molecular weight is 722 g/mol. The SMILES string of the molecule is N#Cc1cnc2c(Cl)cc([AsH]C(c3ccc(Cl)cc3)c3cn(C4CCN(C5COC5)CC4)nn3)cc2c1Nc1ccc(F)c(F)c1. The molecular formula is C33H28AsCl2F2N7O. The first-order valence-electron chi connectivity index (χ1n) is 14.9. The summed E-state index contributed by atoms with van der Waals surface area (Å²) in [6.45, 7) is 3.66. The van der Waals surface area contributed by atoms with E-state index in [2.05, 4.69) is 37.8 Å². The van der Waals surface area contributed by atoms with Gasteiger partial charge < -0.3 is 0 Å². The Hall–Kier alpha value is -3.58. The molecule has 2 fully saturated rings. The summed E-state index contributed by atoms with van der Waals surface area (Å²) < 4.78 is 36.0. The molecule has 2 saturated heterocycles. The van der Waals surface area contributed by atoms with Crippen LogP contribution >= 0.6 is 23.2 Å². The summed E-state index contributed by atoms with van der Waals surface area (Å²) in [5.41, 5.74) is 3.40. The molecule has 0 spiro atoms. The number of hydrogen-bond acceptors (Lipinski definition) is 7. The van der Waals surface area contributed by atoms with E-state index in [-0.39, 0.29) is 16.3 Å². The Labute approximate surface area is 281 Å². The molecule has 0 aliphatic carbocycles. The van der Waals surface area contributed by atoms with Crippen LogP contribution in [0.4, 0.5) is 20.2 Å². The molecule has 2 aromatic heterocycles. The molecule has 1 N–H and O–H groups in total. The van der Waals surface area contributed by atoms with E-state index in [0.717, 1.165) is 66.9 Å². The Morgan fingerprint density at radius 1 is 1.00 bits per heavy atom. The number of likely N-dealkylation sites (tertiary alicyclic amines) is 1. The van der Waals surface area contributed by atoms with Crippen LogP contribution in [0, 0.1) is 23.0 Å². The van der Waals surface area contributed by atoms with Crippen molar-refractivity contribution in [2.24, 2.45) is 0 Å². The van der Waals surface area contributed by atoms with Crippen molar-refractivity contribution in [2.45, 2.75) is 29.6 Å². The number of halogens is 4. The Bertz CT molecular complexity index is 1940. The van der Waals surface area contributed by atoms with E-state index in [1.165, 1.54) is 12.3 Å². The van der Waals surface area contributed by atoms with Crippen molar-refractivity contribution in [3.8, 4) is 6.07 Å². The molecule has 0 radical (unpaired) electrons. The molecule has 0 bridgehead atoms. The summed E-state index contributed by atoms with van der Waals surface area (Å²) in [4.78, 5) is 6.95. The van der Waals surface area contributed by atoms with Gasteiger partial charge in [0.15, 0.2) is 0 Å². The van der Waals surface area contributed by atoms with Crippen molar-refractivity contribution in [3.63, 3.8) is 0 Å². The Morgan fingerprint density at radius 3 is 2.48 bits per heavy atom. The molecule has 0 saturated carbocycles. The summed E-state index contributed by atoms with van der Waals surface area (Å²) in [5, 5.41) is 24.0. The number of nitriles is 1. The van der Waals surface area contributed by atoms with Gasteiger partial charge in [-0.3, -0.25) is 0 Å². The van der Waals surface area contributed by atoms with E-state index in [4.69, 9.17) is 27.9 Å². The second-order valence-electron chi connectivity index (χ2n) is 11.5. The Balaban J connectivity index is 1.22. The van der Waals surface area contributed by atoms with Crippen LogP contribution in [-0.2, 0) is 4.74 Å². The molecule has 3 aromatic carbocycles. The first kappa shape index (κ1) is 31.0. The van der Waals surface area contributed by atoms with Crippen LogP contribution in [0.2, 0.25) is 10.0 Å². The van der Waals surface area contributed by atoms with Gasteiger partial charge >= 0.3 is 282 Å². The first-order valence-corrected chi connectivity index (χ1v) is 17.9. The Morgan fingerprint density at radius 2 is 1.78 bits per heavy atom. The minimum atomic E-state index is -1.01. The molecule has 8 nitrogen and oxygen atoms in total. The summed E-state index contributed by atoms with van der Waals surface area (Å²) in [6, 6.07) is 18.1. The zero-order valence-electron chi connectivity index (χ0n) is 24.4. The van der Waals surface area contributed by atoms with Gasteiger partial charge in [0.1, 0.15) is 0 Å². The first-order chi connectivity index (χ1) is 22.4. The van der Waals surface area contributed by atoms with Crippen molar-refractivity contribution < 1.29 is 13.5 Å². The third kappa shape index (κ3) is 6.35. The molecule has 13 heteroatoms. The van der Waals surface area contributed by atoms with Crippen LogP contribution < -0.4 is 9.67 Å². The van der Waals surface area contributed by atoms with Gasteiger partial charge in [0.2, 0.25) is 0 Å². The molecule has 4 heterocycles. The van der Waals surface area contributed by atoms with Gasteiger partial charge in [-0.05, 0) is 0 Å². The predicted molar refractivity (Wildman–Crippen MR) is 176 cm³/mol. The summed E-state index contributed by atoms with van der Waals surface area (Å²) in [6.07, 6.45) is 5.50. The minimum absolute atomic E-state index is 0.0542. The van der Waals surface area contributed by atoms with Gasteiger partial charge in [-0.25, -0.2) is 0 Å². The molecule has 7 rings (SSSR count). The number of benzene rings is 3. The Kier molecular flexibility index (Phi) is 8.95. The standard InChI is InChI=1S/C33H28AsCl2F2N7O/c35-22-3-1-19(2-4-22)31(30-16-45(43-42-30)24-7-9-44(10-8-24)25-17-46-18-25)34-21-11-26-32(41-23-5-6-28(37)29(38)13-23)20(14-39)15-40-33(26)27(36)12-21/h1-6,11-13,15-16,24-25,31,34H,7-10,17-18H2,(H,40,41). The van der Waals surface area contributed by atoms with E-state index >= 15 is 0 Å². The van der Waals surface area contributed by atoms with Crippen molar-refractivity contribution >= 4 is 65.6 Å². The van der Waals surface area contributed by atoms with E-state index < -0.39 is 27.4 Å². The monoisotopic (exact) mass is 721 g/mol. The maximum absolute atomic E-state index is 14.0. The number of nitrogens with one attached hydrogen (secondary N) is 1. The van der Waals surface area contributed by atoms with Gasteiger partial charge in [-0.2, -0.15) is 0 Å². The average Bonchev–Trinajstić information content (AvgIpc) is 3.52. The van der Waals surface area contributed by atoms with Gasteiger partial charge in [0, 0.05) is 0 Å². The number of ether oxygens (including phenoxy) is 1.